The van der Waals surface area contributed by atoms with Crippen molar-refractivity contribution in [2.75, 3.05) is 0 Å². The van der Waals surface area contributed by atoms with Crippen LogP contribution in [0.3, 0.4) is 0 Å². The summed E-state index contributed by atoms with van der Waals surface area (Å²) >= 11 is 0. The number of aromatic amines is 1. The van der Waals surface area contributed by atoms with Crippen LogP contribution in [0.15, 0.2) is 6.20 Å². The number of aromatic nitrogens is 1. The molecule has 1 aromatic rings. The first kappa shape index (κ1) is 15.7. The van der Waals surface area contributed by atoms with Crippen LogP contribution in [0, 0.1) is 0 Å². The maximum absolute atomic E-state index is 11.6. The second-order valence-electron chi connectivity index (χ2n) is 5.06. The molecule has 0 aliphatic carbocycles. The van der Waals surface area contributed by atoms with Crippen LogP contribution in [-0.4, -0.2) is 17.1 Å². The topological polar surface area (TPSA) is 49.9 Å². The number of carbonyl (C=O) groups is 2. The van der Waals surface area contributed by atoms with E-state index in [9.17, 15) is 9.59 Å². The fourth-order valence-electron chi connectivity index (χ4n) is 2.40. The average Bonchev–Trinajstić information content (AvgIpc) is 2.82. The Balaban J connectivity index is 2.80. The lowest BCUT2D eigenvalue weighted by Gasteiger charge is -2.05. The highest BCUT2D eigenvalue weighted by Gasteiger charge is 2.16. The van der Waals surface area contributed by atoms with E-state index in [-0.39, 0.29) is 0 Å². The van der Waals surface area contributed by atoms with Crippen LogP contribution in [0.1, 0.15) is 74.0 Å². The van der Waals surface area contributed by atoms with Gasteiger partial charge in [0.2, 0.25) is 5.78 Å². The maximum atomic E-state index is 11.6. The summed E-state index contributed by atoms with van der Waals surface area (Å²) in [6.45, 7) is 4.34. The first-order chi connectivity index (χ1) is 9.24. The number of hydrogen-bond donors (Lipinski definition) is 1. The summed E-state index contributed by atoms with van der Waals surface area (Å²) in [6.07, 6.45) is 11.1. The van der Waals surface area contributed by atoms with Gasteiger partial charge in [0.1, 0.15) is 0 Å². The Kier molecular flexibility index (Phi) is 7.16. The predicted octanol–water partition coefficient (Wildman–Crippen LogP) is 3.86. The van der Waals surface area contributed by atoms with E-state index in [1.807, 2.05) is 6.20 Å². The van der Waals surface area contributed by atoms with Crippen LogP contribution in [-0.2, 0) is 17.6 Å². The van der Waals surface area contributed by atoms with Crippen LogP contribution in [0.4, 0.5) is 0 Å². The molecule has 0 unspecified atom stereocenters. The number of carbonyl (C=O) groups excluding carboxylic acids is 2. The molecule has 0 amide bonds. The van der Waals surface area contributed by atoms with Gasteiger partial charge in [0.15, 0.2) is 6.29 Å². The van der Waals surface area contributed by atoms with Crippen LogP contribution in [0.2, 0.25) is 0 Å². The molecule has 0 aromatic carbocycles. The molecule has 1 rings (SSSR count). The van der Waals surface area contributed by atoms with Crippen LogP contribution in [0.25, 0.3) is 0 Å². The zero-order valence-corrected chi connectivity index (χ0v) is 12.1. The summed E-state index contributed by atoms with van der Waals surface area (Å²) in [6, 6.07) is 0. The molecule has 1 N–H and O–H groups in total. The number of ketones is 1. The van der Waals surface area contributed by atoms with Gasteiger partial charge in [0, 0.05) is 6.20 Å². The van der Waals surface area contributed by atoms with E-state index < -0.39 is 5.78 Å². The van der Waals surface area contributed by atoms with Gasteiger partial charge in [0.05, 0.1) is 5.69 Å². The van der Waals surface area contributed by atoms with Crippen molar-refractivity contribution in [3.8, 4) is 0 Å². The molecule has 3 heteroatoms. The number of rotatable bonds is 10. The molecule has 0 saturated heterocycles. The number of nitrogens with one attached hydrogen (secondary N) is 1. The van der Waals surface area contributed by atoms with Gasteiger partial charge in [-0.05, 0) is 36.8 Å². The summed E-state index contributed by atoms with van der Waals surface area (Å²) in [5, 5.41) is 0. The van der Waals surface area contributed by atoms with E-state index in [4.69, 9.17) is 0 Å². The minimum absolute atomic E-state index is 0.408. The monoisotopic (exact) mass is 263 g/mol. The molecular weight excluding hydrogens is 238 g/mol. The van der Waals surface area contributed by atoms with Crippen molar-refractivity contribution in [1.29, 1.82) is 0 Å². The largest absolute Gasteiger partial charge is 0.358 e. The van der Waals surface area contributed by atoms with Crippen LogP contribution in [0.5, 0.6) is 0 Å². The first-order valence-corrected chi connectivity index (χ1v) is 7.43. The highest BCUT2D eigenvalue weighted by atomic mass is 16.2. The van der Waals surface area contributed by atoms with E-state index in [2.05, 4.69) is 18.8 Å². The molecule has 0 aliphatic rings. The number of aldehydes is 1. The van der Waals surface area contributed by atoms with Crippen molar-refractivity contribution in [3.05, 3.63) is 23.0 Å². The van der Waals surface area contributed by atoms with E-state index in [1.54, 1.807) is 0 Å². The van der Waals surface area contributed by atoms with Crippen LogP contribution < -0.4 is 0 Å². The molecule has 19 heavy (non-hydrogen) atoms. The molecule has 0 bridgehead atoms. The summed E-state index contributed by atoms with van der Waals surface area (Å²) in [5.41, 5.74) is 2.80. The van der Waals surface area contributed by atoms with Gasteiger partial charge in [-0.15, -0.1) is 0 Å². The number of unbranched alkanes of at least 4 members (excludes halogenated alkanes) is 4. The third kappa shape index (κ3) is 4.66. The average molecular weight is 263 g/mol. The summed E-state index contributed by atoms with van der Waals surface area (Å²) in [7, 11) is 0. The van der Waals surface area contributed by atoms with Crippen molar-refractivity contribution in [3.63, 3.8) is 0 Å². The molecule has 3 nitrogen and oxygen atoms in total. The Morgan fingerprint density at radius 3 is 2.32 bits per heavy atom. The number of Topliss-reactive ketones (excluding diaryl/α,β-unsaturated/α-hetero) is 1. The van der Waals surface area contributed by atoms with E-state index in [1.165, 1.54) is 18.4 Å². The molecule has 0 atom stereocenters. The Labute approximate surface area is 115 Å². The smallest absolute Gasteiger partial charge is 0.241 e. The van der Waals surface area contributed by atoms with E-state index >= 15 is 0 Å². The summed E-state index contributed by atoms with van der Waals surface area (Å²) in [5.74, 6) is -0.423. The zero-order valence-electron chi connectivity index (χ0n) is 12.1. The fourth-order valence-corrected chi connectivity index (χ4v) is 2.40. The van der Waals surface area contributed by atoms with Gasteiger partial charge in [-0.1, -0.05) is 39.5 Å². The first-order valence-electron chi connectivity index (χ1n) is 7.43. The summed E-state index contributed by atoms with van der Waals surface area (Å²) < 4.78 is 0. The van der Waals surface area contributed by atoms with Crippen molar-refractivity contribution in [1.82, 2.24) is 4.98 Å². The Bertz CT molecular complexity index is 407. The minimum atomic E-state index is -0.423. The van der Waals surface area contributed by atoms with Gasteiger partial charge in [-0.3, -0.25) is 9.59 Å². The molecule has 0 saturated carbocycles. The standard InChI is InChI=1S/C16H25NO2/c1-3-5-7-9-13-11-17-16(15(19)12-18)14(13)10-8-6-4-2/h11-12,17H,3-10H2,1-2H3. The lowest BCUT2D eigenvalue weighted by atomic mass is 9.98. The van der Waals surface area contributed by atoms with Gasteiger partial charge < -0.3 is 4.98 Å². The molecular formula is C16H25NO2. The molecule has 0 radical (unpaired) electrons. The number of aryl methyl sites for hydroxylation is 1. The van der Waals surface area contributed by atoms with Crippen molar-refractivity contribution in [2.45, 2.75) is 65.2 Å². The van der Waals surface area contributed by atoms with Crippen molar-refractivity contribution in [2.24, 2.45) is 0 Å². The molecule has 0 aliphatic heterocycles. The number of hydrogen-bond acceptors (Lipinski definition) is 2. The van der Waals surface area contributed by atoms with Crippen molar-refractivity contribution >= 4 is 12.1 Å². The lowest BCUT2D eigenvalue weighted by molar-refractivity contribution is -0.104. The normalized spacial score (nSPS) is 10.6. The Hall–Kier alpha value is -1.38. The highest BCUT2D eigenvalue weighted by Crippen LogP contribution is 2.20. The fraction of sp³-hybridized carbons (Fsp3) is 0.625. The minimum Gasteiger partial charge on any atom is -0.358 e. The van der Waals surface area contributed by atoms with Gasteiger partial charge in [-0.25, -0.2) is 0 Å². The second-order valence-corrected chi connectivity index (χ2v) is 5.06. The quantitative estimate of drug-likeness (QED) is 0.301. The molecule has 0 fully saturated rings. The summed E-state index contributed by atoms with van der Waals surface area (Å²) in [4.78, 5) is 25.3. The lowest BCUT2D eigenvalue weighted by Crippen LogP contribution is -2.05. The Morgan fingerprint density at radius 1 is 1.11 bits per heavy atom. The second kappa shape index (κ2) is 8.68. The zero-order chi connectivity index (χ0) is 14.1. The van der Waals surface area contributed by atoms with Gasteiger partial charge in [0.25, 0.3) is 0 Å². The third-order valence-corrected chi connectivity index (χ3v) is 3.51. The molecule has 106 valence electrons. The molecule has 1 aromatic heterocycles. The van der Waals surface area contributed by atoms with Gasteiger partial charge in [-0.2, -0.15) is 0 Å². The van der Waals surface area contributed by atoms with E-state index in [0.717, 1.165) is 44.1 Å². The Morgan fingerprint density at radius 2 is 1.74 bits per heavy atom. The highest BCUT2D eigenvalue weighted by molar-refractivity contribution is 6.33. The molecule has 1 heterocycles. The predicted molar refractivity (Wildman–Crippen MR) is 77.6 cm³/mol. The molecule has 0 spiro atoms. The third-order valence-electron chi connectivity index (χ3n) is 3.51. The van der Waals surface area contributed by atoms with E-state index in [0.29, 0.717) is 12.0 Å². The van der Waals surface area contributed by atoms with Crippen LogP contribution >= 0.6 is 0 Å². The maximum Gasteiger partial charge on any atom is 0.241 e. The number of H-pyrrole nitrogens is 1. The van der Waals surface area contributed by atoms with Gasteiger partial charge >= 0.3 is 0 Å². The SMILES string of the molecule is CCCCCc1c[nH]c(C(=O)C=O)c1CCCCC. The van der Waals surface area contributed by atoms with Crippen molar-refractivity contribution < 1.29 is 9.59 Å².